The maximum absolute atomic E-state index is 0. The van der Waals surface area contributed by atoms with Crippen LogP contribution in [0.1, 0.15) is 0 Å². The fraction of sp³-hybridized carbons (Fsp3) is 0. The van der Waals surface area contributed by atoms with Gasteiger partial charge in [0.1, 0.15) is 0 Å². The third-order valence-electron chi connectivity index (χ3n) is 0. The third-order valence-corrected chi connectivity index (χ3v) is 0. The summed E-state index contributed by atoms with van der Waals surface area (Å²) in [6, 6.07) is 0. The molecule has 52 valence electrons. The van der Waals surface area contributed by atoms with Crippen LogP contribution in [0.3, 0.4) is 0 Å². The summed E-state index contributed by atoms with van der Waals surface area (Å²) in [6.07, 6.45) is 0. The monoisotopic (exact) mass is 280 g/mol. The minimum Gasteiger partial charge on any atom is -0.344 e. The molecular weight excluding hydrogens is 269 g/mol. The molecule has 0 radical (unpaired) electrons. The van der Waals surface area contributed by atoms with Crippen molar-refractivity contribution in [1.82, 2.24) is 24.6 Å². The standard InChI is InChI=1S/4H3N.2Pd/h4*1H3;;. The van der Waals surface area contributed by atoms with E-state index >= 15 is 0 Å². The molecular formula is H12N4Pd2. The van der Waals surface area contributed by atoms with E-state index in [0.29, 0.717) is 0 Å². The van der Waals surface area contributed by atoms with Crippen molar-refractivity contribution in [2.45, 2.75) is 0 Å². The van der Waals surface area contributed by atoms with Gasteiger partial charge in [0.2, 0.25) is 0 Å². The Bertz CT molecular complexity index is 5.51. The first kappa shape index (κ1) is 201. The maximum atomic E-state index is 0. The first-order chi connectivity index (χ1) is 0. The predicted molar refractivity (Wildman–Crippen MR) is 20.1 cm³/mol. The Labute approximate surface area is 65.5 Å². The van der Waals surface area contributed by atoms with Crippen molar-refractivity contribution in [3.8, 4) is 0 Å². The molecule has 0 amide bonds. The molecule has 0 atom stereocenters. The first-order valence-corrected chi connectivity index (χ1v) is 0. The summed E-state index contributed by atoms with van der Waals surface area (Å²) in [5.74, 6) is 0. The number of hydrogen-bond donors (Lipinski definition) is 4. The zero-order valence-electron chi connectivity index (χ0n) is 3.46. The van der Waals surface area contributed by atoms with Crippen molar-refractivity contribution in [2.24, 2.45) is 0 Å². The molecule has 12 N–H and O–H groups in total. The molecule has 0 aliphatic heterocycles. The molecule has 0 spiro atoms. The van der Waals surface area contributed by atoms with E-state index in [9.17, 15) is 0 Å². The van der Waals surface area contributed by atoms with Crippen LogP contribution in [-0.2, 0) is 40.8 Å². The average molecular weight is 281 g/mol. The van der Waals surface area contributed by atoms with E-state index in [0.717, 1.165) is 0 Å². The van der Waals surface area contributed by atoms with Crippen LogP contribution in [0.5, 0.6) is 0 Å². The summed E-state index contributed by atoms with van der Waals surface area (Å²) < 4.78 is 0. The fourth-order valence-corrected chi connectivity index (χ4v) is 0. The smallest absolute Gasteiger partial charge is 0 e. The van der Waals surface area contributed by atoms with E-state index in [1.807, 2.05) is 0 Å². The molecule has 4 nitrogen and oxygen atoms in total. The molecule has 0 aromatic heterocycles. The van der Waals surface area contributed by atoms with Gasteiger partial charge in [0.05, 0.1) is 0 Å². The van der Waals surface area contributed by atoms with Crippen LogP contribution in [0.4, 0.5) is 0 Å². The summed E-state index contributed by atoms with van der Waals surface area (Å²) >= 11 is 0. The largest absolute Gasteiger partial charge is 0.344 e. The van der Waals surface area contributed by atoms with Crippen LogP contribution in [0.25, 0.3) is 0 Å². The van der Waals surface area contributed by atoms with Gasteiger partial charge >= 0.3 is 0 Å². The second-order valence-corrected chi connectivity index (χ2v) is 0. The Hall–Kier alpha value is 1.16. The molecule has 0 aromatic carbocycles. The first-order valence-electron chi connectivity index (χ1n) is 0. The molecule has 6 heteroatoms. The molecule has 0 aliphatic carbocycles. The van der Waals surface area contributed by atoms with Gasteiger partial charge in [-0.1, -0.05) is 0 Å². The molecule has 0 rings (SSSR count). The minimum absolute atomic E-state index is 0. The molecule has 0 fully saturated rings. The van der Waals surface area contributed by atoms with Crippen molar-refractivity contribution in [2.75, 3.05) is 0 Å². The topological polar surface area (TPSA) is 140 Å². The SMILES string of the molecule is N.N.N.N.[Pd].[Pd]. The zero-order valence-corrected chi connectivity index (χ0v) is 6.57. The van der Waals surface area contributed by atoms with Crippen molar-refractivity contribution in [3.63, 3.8) is 0 Å². The van der Waals surface area contributed by atoms with Gasteiger partial charge in [0.15, 0.2) is 0 Å². The van der Waals surface area contributed by atoms with Gasteiger partial charge in [0, 0.05) is 40.8 Å². The number of hydrogen-bond acceptors (Lipinski definition) is 4. The quantitative estimate of drug-likeness (QED) is 0.483. The van der Waals surface area contributed by atoms with E-state index in [4.69, 9.17) is 0 Å². The minimum atomic E-state index is 0. The van der Waals surface area contributed by atoms with Gasteiger partial charge < -0.3 is 24.6 Å². The molecule has 6 heavy (non-hydrogen) atoms. The van der Waals surface area contributed by atoms with E-state index in [2.05, 4.69) is 0 Å². The summed E-state index contributed by atoms with van der Waals surface area (Å²) in [5, 5.41) is 0. The Morgan fingerprint density at radius 3 is 0.333 bits per heavy atom. The fourth-order valence-electron chi connectivity index (χ4n) is 0. The van der Waals surface area contributed by atoms with Gasteiger partial charge in [-0.3, -0.25) is 0 Å². The van der Waals surface area contributed by atoms with Gasteiger partial charge in [-0.05, 0) is 0 Å². The van der Waals surface area contributed by atoms with Crippen molar-refractivity contribution in [1.29, 1.82) is 0 Å². The van der Waals surface area contributed by atoms with Gasteiger partial charge in [-0.2, -0.15) is 0 Å². The zero-order chi connectivity index (χ0) is 0. The van der Waals surface area contributed by atoms with Gasteiger partial charge in [-0.25, -0.2) is 0 Å². The van der Waals surface area contributed by atoms with Crippen LogP contribution in [0, 0.1) is 0 Å². The van der Waals surface area contributed by atoms with Crippen LogP contribution < -0.4 is 24.6 Å². The van der Waals surface area contributed by atoms with Crippen LogP contribution in [-0.4, -0.2) is 0 Å². The molecule has 0 aliphatic rings. The van der Waals surface area contributed by atoms with Crippen LogP contribution >= 0.6 is 0 Å². The van der Waals surface area contributed by atoms with E-state index < -0.39 is 0 Å². The summed E-state index contributed by atoms with van der Waals surface area (Å²) in [4.78, 5) is 0. The second kappa shape index (κ2) is 121. The Kier molecular flexibility index (Phi) is 4060. The van der Waals surface area contributed by atoms with Crippen LogP contribution in [0.15, 0.2) is 0 Å². The normalized spacial score (nSPS) is 0. The summed E-state index contributed by atoms with van der Waals surface area (Å²) in [5.41, 5.74) is 0. The number of rotatable bonds is 0. The van der Waals surface area contributed by atoms with E-state index in [1.54, 1.807) is 0 Å². The van der Waals surface area contributed by atoms with Crippen molar-refractivity contribution < 1.29 is 40.8 Å². The maximum Gasteiger partial charge on any atom is 0 e. The average Bonchev–Trinajstić information content (AvgIpc) is 0. The van der Waals surface area contributed by atoms with Crippen LogP contribution in [0.2, 0.25) is 0 Å². The van der Waals surface area contributed by atoms with E-state index in [1.165, 1.54) is 0 Å². The molecule has 0 unspecified atom stereocenters. The van der Waals surface area contributed by atoms with E-state index in [-0.39, 0.29) is 65.4 Å². The Morgan fingerprint density at radius 1 is 0.333 bits per heavy atom. The molecule has 0 bridgehead atoms. The molecule has 0 saturated heterocycles. The Balaban J connectivity index is 0. The second-order valence-electron chi connectivity index (χ2n) is 0. The van der Waals surface area contributed by atoms with Gasteiger partial charge in [-0.15, -0.1) is 0 Å². The summed E-state index contributed by atoms with van der Waals surface area (Å²) in [7, 11) is 0. The van der Waals surface area contributed by atoms with Gasteiger partial charge in [0.25, 0.3) is 0 Å². The third kappa shape index (κ3) is 66.0. The Morgan fingerprint density at radius 2 is 0.333 bits per heavy atom. The predicted octanol–water partition coefficient (Wildman–Crippen LogP) is 0.643. The molecule has 0 aromatic rings. The van der Waals surface area contributed by atoms with Crippen molar-refractivity contribution in [3.05, 3.63) is 0 Å². The van der Waals surface area contributed by atoms with Crippen molar-refractivity contribution >= 4 is 0 Å². The molecule has 0 heterocycles. The summed E-state index contributed by atoms with van der Waals surface area (Å²) in [6.45, 7) is 0. The molecule has 0 saturated carbocycles.